The highest BCUT2D eigenvalue weighted by atomic mass is 19.1. The van der Waals surface area contributed by atoms with Gasteiger partial charge in [0.15, 0.2) is 12.8 Å². The van der Waals surface area contributed by atoms with Crippen LogP contribution in [0.4, 0.5) is 14.9 Å². The zero-order chi connectivity index (χ0) is 17.1. The fourth-order valence-corrected chi connectivity index (χ4v) is 2.36. The van der Waals surface area contributed by atoms with Crippen molar-refractivity contribution in [1.82, 2.24) is 14.5 Å². The van der Waals surface area contributed by atoms with Crippen LogP contribution in [0.5, 0.6) is 0 Å². The van der Waals surface area contributed by atoms with E-state index in [1.54, 1.807) is 6.07 Å². The molecule has 10 heteroatoms. The Morgan fingerprint density at radius 3 is 3.04 bits per heavy atom. The molecule has 1 aliphatic rings. The molecule has 0 unspecified atom stereocenters. The van der Waals surface area contributed by atoms with Crippen LogP contribution in [0.3, 0.4) is 0 Å². The number of hydrogen-bond donors (Lipinski definition) is 1. The van der Waals surface area contributed by atoms with E-state index in [1.807, 2.05) is 0 Å². The number of imidazole rings is 1. The first-order valence-electron chi connectivity index (χ1n) is 6.93. The summed E-state index contributed by atoms with van der Waals surface area (Å²) in [6.45, 7) is 0.271. The average Bonchev–Trinajstić information content (AvgIpc) is 3.19. The highest BCUT2D eigenvalue weighted by Crippen LogP contribution is 2.25. The minimum Gasteiger partial charge on any atom is -0.442 e. The first-order chi connectivity index (χ1) is 11.6. The molecule has 0 aliphatic carbocycles. The number of cyclic esters (lactones) is 1. The number of carbonyl (C=O) groups excluding carboxylic acids is 2. The first kappa shape index (κ1) is 15.5. The van der Waals surface area contributed by atoms with Gasteiger partial charge in [-0.2, -0.15) is 0 Å². The Bertz CT molecular complexity index is 845. The second kappa shape index (κ2) is 6.39. The Balaban J connectivity index is 1.83. The zero-order valence-electron chi connectivity index (χ0n) is 12.3. The molecule has 0 radical (unpaired) electrons. The number of amides is 1. The van der Waals surface area contributed by atoms with Gasteiger partial charge in [-0.05, 0) is 18.2 Å². The molecule has 0 bridgehead atoms. The fraction of sp³-hybridized carbons (Fsp3) is 0.214. The van der Waals surface area contributed by atoms with E-state index in [0.29, 0.717) is 12.0 Å². The number of aldehydes is 1. The van der Waals surface area contributed by atoms with Gasteiger partial charge in [-0.1, -0.05) is 0 Å². The van der Waals surface area contributed by atoms with Crippen LogP contribution in [0.2, 0.25) is 0 Å². The summed E-state index contributed by atoms with van der Waals surface area (Å²) < 4.78 is 20.8. The molecule has 0 saturated carbocycles. The fourth-order valence-electron chi connectivity index (χ4n) is 2.36. The van der Waals surface area contributed by atoms with Gasteiger partial charge in [-0.25, -0.2) is 14.2 Å². The lowest BCUT2D eigenvalue weighted by atomic mass is 10.2. The molecule has 1 aromatic heterocycles. The van der Waals surface area contributed by atoms with Gasteiger partial charge in [0.2, 0.25) is 4.91 Å². The average molecular weight is 331 g/mol. The maximum absolute atomic E-state index is 14.4. The van der Waals surface area contributed by atoms with Gasteiger partial charge in [0.25, 0.3) is 0 Å². The number of anilines is 1. The molecule has 3 rings (SSSR count). The van der Waals surface area contributed by atoms with Crippen LogP contribution in [0.25, 0.3) is 5.69 Å². The summed E-state index contributed by atoms with van der Waals surface area (Å²) >= 11 is 0. The molecule has 1 fully saturated rings. The Morgan fingerprint density at radius 2 is 2.38 bits per heavy atom. The van der Waals surface area contributed by atoms with Gasteiger partial charge in [-0.3, -0.25) is 9.69 Å². The molecule has 1 N–H and O–H groups in total. The number of nitrogens with zero attached hydrogens (tertiary/aromatic N) is 5. The van der Waals surface area contributed by atoms with E-state index in [4.69, 9.17) is 10.3 Å². The molecule has 24 heavy (non-hydrogen) atoms. The van der Waals surface area contributed by atoms with Crippen molar-refractivity contribution < 1.29 is 18.7 Å². The first-order valence-corrected chi connectivity index (χ1v) is 6.93. The molecular weight excluding hydrogens is 319 g/mol. The largest absolute Gasteiger partial charge is 0.442 e. The highest BCUT2D eigenvalue weighted by Gasteiger charge is 2.33. The molecule has 122 valence electrons. The van der Waals surface area contributed by atoms with E-state index < -0.39 is 18.0 Å². The third-order valence-electron chi connectivity index (χ3n) is 3.47. The van der Waals surface area contributed by atoms with Crippen molar-refractivity contribution in [3.63, 3.8) is 0 Å². The van der Waals surface area contributed by atoms with E-state index >= 15 is 0 Å². The number of aromatic nitrogens is 2. The predicted molar refractivity (Wildman–Crippen MR) is 78.7 cm³/mol. The molecule has 9 nitrogen and oxygen atoms in total. The van der Waals surface area contributed by atoms with Crippen molar-refractivity contribution in [3.8, 4) is 5.69 Å². The van der Waals surface area contributed by atoms with Crippen molar-refractivity contribution in [2.24, 2.45) is 5.11 Å². The molecule has 0 spiro atoms. The third kappa shape index (κ3) is 2.90. The van der Waals surface area contributed by atoms with E-state index in [0.717, 1.165) is 0 Å². The van der Waals surface area contributed by atoms with Gasteiger partial charge in [0, 0.05) is 6.20 Å². The van der Waals surface area contributed by atoms with Crippen LogP contribution >= 0.6 is 0 Å². The molecule has 1 aliphatic heterocycles. The Labute approximate surface area is 134 Å². The SMILES string of the molecule is N=[N+]=NC[C@H]1CN(c2ccc(-n3cnc(C=O)c3)c(F)c2)C(=O)O1. The van der Waals surface area contributed by atoms with E-state index in [9.17, 15) is 14.0 Å². The normalized spacial score (nSPS) is 16.6. The third-order valence-corrected chi connectivity index (χ3v) is 3.47. The van der Waals surface area contributed by atoms with Gasteiger partial charge >= 0.3 is 6.09 Å². The number of ether oxygens (including phenoxy) is 1. The topological polar surface area (TPSA) is 115 Å². The van der Waals surface area contributed by atoms with E-state index in [2.05, 4.69) is 15.0 Å². The van der Waals surface area contributed by atoms with Gasteiger partial charge < -0.3 is 9.30 Å². The number of hydrogen-bond acceptors (Lipinski definition) is 6. The summed E-state index contributed by atoms with van der Waals surface area (Å²) in [4.78, 5) is 30.5. The lowest BCUT2D eigenvalue weighted by Crippen LogP contribution is -2.25. The maximum Gasteiger partial charge on any atom is 0.414 e. The van der Waals surface area contributed by atoms with Crippen molar-refractivity contribution in [3.05, 3.63) is 42.2 Å². The summed E-state index contributed by atoms with van der Waals surface area (Å²) in [5.74, 6) is -0.579. The monoisotopic (exact) mass is 331 g/mol. The quantitative estimate of drug-likeness (QED) is 0.510. The molecule has 1 saturated heterocycles. The minimum absolute atomic E-state index is 0.0792. The Kier molecular flexibility index (Phi) is 4.13. The lowest BCUT2D eigenvalue weighted by molar-refractivity contribution is 0.111. The number of rotatable bonds is 5. The highest BCUT2D eigenvalue weighted by molar-refractivity contribution is 5.89. The van der Waals surface area contributed by atoms with Gasteiger partial charge in [0.05, 0.1) is 17.9 Å². The zero-order valence-corrected chi connectivity index (χ0v) is 12.3. The standard InChI is InChI=1S/C14H12FN6O3/c15-12-3-10(21-6-11(4-18-19-16)24-14(21)23)1-2-13(12)20-5-9(7-22)17-8-20/h1-3,5,7-8,11,16H,4,6H2/q+1/t11-/m0/s1. The number of halogens is 1. The molecule has 2 heterocycles. The van der Waals surface area contributed by atoms with Crippen LogP contribution in [-0.4, -0.2) is 41.1 Å². The van der Waals surface area contributed by atoms with Crippen molar-refractivity contribution in [2.45, 2.75) is 6.10 Å². The lowest BCUT2D eigenvalue weighted by Gasteiger charge is -2.14. The molecule has 1 amide bonds. The van der Waals surface area contributed by atoms with Crippen molar-refractivity contribution >= 4 is 18.1 Å². The van der Waals surface area contributed by atoms with Crippen molar-refractivity contribution in [1.29, 1.82) is 5.53 Å². The number of benzene rings is 1. The summed E-state index contributed by atoms with van der Waals surface area (Å²) in [6.07, 6.45) is 2.15. The molecule has 1 aromatic carbocycles. The summed E-state index contributed by atoms with van der Waals surface area (Å²) in [6, 6.07) is 4.24. The Morgan fingerprint density at radius 1 is 1.54 bits per heavy atom. The van der Waals surface area contributed by atoms with E-state index in [-0.39, 0.29) is 24.5 Å². The number of nitrogens with one attached hydrogen (secondary N) is 1. The smallest absolute Gasteiger partial charge is 0.414 e. The summed E-state index contributed by atoms with van der Waals surface area (Å²) in [5, 5.41) is 3.47. The van der Waals surface area contributed by atoms with Gasteiger partial charge in [0.1, 0.15) is 34.6 Å². The van der Waals surface area contributed by atoms with Crippen LogP contribution in [-0.2, 0) is 4.74 Å². The minimum atomic E-state index is -0.613. The van der Waals surface area contributed by atoms with Crippen LogP contribution in [0.1, 0.15) is 10.5 Å². The molecule has 2 aromatic rings. The molecular formula is C14H12FN6O3+. The summed E-state index contributed by atoms with van der Waals surface area (Å²) in [7, 11) is 0. The maximum atomic E-state index is 14.4. The second-order valence-electron chi connectivity index (χ2n) is 5.00. The van der Waals surface area contributed by atoms with Crippen LogP contribution < -0.4 is 9.81 Å². The van der Waals surface area contributed by atoms with Gasteiger partial charge in [-0.15, -0.1) is 0 Å². The van der Waals surface area contributed by atoms with E-state index in [1.165, 1.54) is 34.1 Å². The van der Waals surface area contributed by atoms with Crippen molar-refractivity contribution in [2.75, 3.05) is 18.0 Å². The van der Waals surface area contributed by atoms with Crippen LogP contribution in [0.15, 0.2) is 35.8 Å². The molecule has 1 atom stereocenters. The summed E-state index contributed by atoms with van der Waals surface area (Å²) in [5.41, 5.74) is 7.33. The van der Waals surface area contributed by atoms with Crippen LogP contribution in [0, 0.1) is 11.3 Å². The number of carbonyl (C=O) groups is 2. The predicted octanol–water partition coefficient (Wildman–Crippen LogP) is 1.70. The second-order valence-corrected chi connectivity index (χ2v) is 5.00. The Hall–Kier alpha value is -3.39.